The number of hydrogen-bond donors (Lipinski definition) is 1. The van der Waals surface area contributed by atoms with Gasteiger partial charge in [-0.2, -0.15) is 0 Å². The van der Waals surface area contributed by atoms with E-state index in [1.165, 1.54) is 0 Å². The number of phenolic OH excluding ortho intramolecular Hbond substituents is 1. The second kappa shape index (κ2) is 12.5. The van der Waals surface area contributed by atoms with Crippen LogP contribution in [0.3, 0.4) is 0 Å². The minimum atomic E-state index is 0. The topological polar surface area (TPSA) is 146 Å². The van der Waals surface area contributed by atoms with Gasteiger partial charge < -0.3 is 27.0 Å². The van der Waals surface area contributed by atoms with E-state index in [0.29, 0.717) is 5.75 Å². The summed E-state index contributed by atoms with van der Waals surface area (Å²) in [5, 5.41) is 9.56. The molecule has 0 aliphatic heterocycles. The molecule has 2 aromatic carbocycles. The zero-order valence-corrected chi connectivity index (χ0v) is 9.14. The van der Waals surface area contributed by atoms with Crippen LogP contribution in [0.25, 0.3) is 11.1 Å². The van der Waals surface area contributed by atoms with Gasteiger partial charge in [-0.1, -0.05) is 48.5 Å². The van der Waals surface area contributed by atoms with Crippen LogP contribution in [0.4, 0.5) is 0 Å². The molecule has 0 unspecified atom stereocenters. The van der Waals surface area contributed by atoms with Crippen LogP contribution in [0.5, 0.6) is 5.75 Å². The Balaban J connectivity index is -0.000000196. The molecule has 6 heteroatoms. The molecule has 0 heterocycles. The first-order valence-electron chi connectivity index (χ1n) is 4.21. The van der Waals surface area contributed by atoms with Crippen LogP contribution in [-0.4, -0.2) is 56.6 Å². The van der Waals surface area contributed by atoms with E-state index in [0.717, 1.165) is 11.1 Å². The van der Waals surface area contributed by atoms with Gasteiger partial charge in [-0.15, -0.1) is 0 Å². The average molecular weight is 266 g/mol. The van der Waals surface area contributed by atoms with Crippen molar-refractivity contribution >= 4 is 29.6 Å². The number of hydrogen-bond acceptors (Lipinski definition) is 1. The Kier molecular flexibility index (Phi) is 18.0. The SMILES string of the molecule is O.O.O.O.Oc1ccccc1-c1ccccc1.[NaH]. The molecule has 0 aliphatic rings. The fourth-order valence-electron chi connectivity index (χ4n) is 1.34. The molecule has 2 aromatic rings. The zero-order chi connectivity index (χ0) is 9.10. The third kappa shape index (κ3) is 6.13. The average Bonchev–Trinajstić information content (AvgIpc) is 2.20. The first-order chi connectivity index (χ1) is 6.38. The van der Waals surface area contributed by atoms with Crippen LogP contribution in [0.2, 0.25) is 0 Å². The summed E-state index contributed by atoms with van der Waals surface area (Å²) in [6.07, 6.45) is 0. The van der Waals surface area contributed by atoms with E-state index < -0.39 is 0 Å². The van der Waals surface area contributed by atoms with E-state index >= 15 is 0 Å². The summed E-state index contributed by atoms with van der Waals surface area (Å²) < 4.78 is 0. The Bertz CT molecular complexity index is 408. The van der Waals surface area contributed by atoms with Crippen LogP contribution in [0, 0.1) is 0 Å². The summed E-state index contributed by atoms with van der Waals surface area (Å²) in [6, 6.07) is 17.2. The third-order valence-corrected chi connectivity index (χ3v) is 1.99. The standard InChI is InChI=1S/C12H10O.Na.4H2O.H/c13-12-9-5-4-8-11(12)10-6-2-1-3-7-10;;;;;;/h1-9,13H;;4*1H2;. The Morgan fingerprint density at radius 2 is 1.06 bits per heavy atom. The minimum absolute atomic E-state index is 0. The van der Waals surface area contributed by atoms with Crippen LogP contribution in [-0.2, 0) is 0 Å². The third-order valence-electron chi connectivity index (χ3n) is 1.99. The van der Waals surface area contributed by atoms with Gasteiger partial charge in [-0.05, 0) is 11.6 Å². The van der Waals surface area contributed by atoms with Crippen molar-refractivity contribution in [2.24, 2.45) is 0 Å². The summed E-state index contributed by atoms with van der Waals surface area (Å²) in [5.41, 5.74) is 1.92. The van der Waals surface area contributed by atoms with Gasteiger partial charge in [0, 0.05) is 5.56 Å². The van der Waals surface area contributed by atoms with E-state index in [1.807, 2.05) is 48.5 Å². The molecule has 9 N–H and O–H groups in total. The fraction of sp³-hybridized carbons (Fsp3) is 0. The quantitative estimate of drug-likeness (QED) is 0.655. The van der Waals surface area contributed by atoms with Crippen LogP contribution in [0.15, 0.2) is 54.6 Å². The van der Waals surface area contributed by atoms with Gasteiger partial charge in [0.25, 0.3) is 0 Å². The molecule has 0 radical (unpaired) electrons. The van der Waals surface area contributed by atoms with Crippen molar-refractivity contribution in [3.05, 3.63) is 54.6 Å². The van der Waals surface area contributed by atoms with E-state index in [4.69, 9.17) is 0 Å². The van der Waals surface area contributed by atoms with Gasteiger partial charge in [-0.25, -0.2) is 0 Å². The number of phenols is 1. The van der Waals surface area contributed by atoms with Crippen LogP contribution < -0.4 is 0 Å². The molecule has 2 rings (SSSR count). The number of benzene rings is 2. The Hall–Kier alpha value is -0.920. The van der Waals surface area contributed by atoms with Crippen molar-refractivity contribution in [2.45, 2.75) is 0 Å². The molecule has 0 aliphatic carbocycles. The van der Waals surface area contributed by atoms with Gasteiger partial charge in [0.05, 0.1) is 0 Å². The summed E-state index contributed by atoms with van der Waals surface area (Å²) in [5.74, 6) is 0.328. The van der Waals surface area contributed by atoms with Crippen molar-refractivity contribution in [3.63, 3.8) is 0 Å². The first kappa shape index (κ1) is 25.8. The summed E-state index contributed by atoms with van der Waals surface area (Å²) in [6.45, 7) is 0. The molecule has 0 atom stereocenters. The maximum atomic E-state index is 9.56. The Morgan fingerprint density at radius 1 is 0.611 bits per heavy atom. The first-order valence-corrected chi connectivity index (χ1v) is 4.21. The molecule has 0 amide bonds. The van der Waals surface area contributed by atoms with Crippen LogP contribution >= 0.6 is 0 Å². The number of rotatable bonds is 1. The molecule has 5 nitrogen and oxygen atoms in total. The van der Waals surface area contributed by atoms with Crippen molar-refractivity contribution < 1.29 is 27.0 Å². The second-order valence-electron chi connectivity index (χ2n) is 2.88. The molecule has 0 aromatic heterocycles. The molecule has 0 saturated heterocycles. The number of aromatic hydroxyl groups is 1. The molecule has 0 fully saturated rings. The molecule has 0 bridgehead atoms. The summed E-state index contributed by atoms with van der Waals surface area (Å²) in [4.78, 5) is 0. The van der Waals surface area contributed by atoms with Gasteiger partial charge in [0.15, 0.2) is 0 Å². The van der Waals surface area contributed by atoms with Gasteiger partial charge >= 0.3 is 29.6 Å². The predicted octanol–water partition coefficient (Wildman–Crippen LogP) is -0.888. The van der Waals surface area contributed by atoms with E-state index in [9.17, 15) is 5.11 Å². The monoisotopic (exact) mass is 266 g/mol. The van der Waals surface area contributed by atoms with Crippen LogP contribution in [0.1, 0.15) is 0 Å². The summed E-state index contributed by atoms with van der Waals surface area (Å²) >= 11 is 0. The van der Waals surface area contributed by atoms with E-state index in [2.05, 4.69) is 0 Å². The molecule has 0 saturated carbocycles. The summed E-state index contributed by atoms with van der Waals surface area (Å²) in [7, 11) is 0. The van der Waals surface area contributed by atoms with E-state index in [-0.39, 0.29) is 51.5 Å². The molecular formula is C12H19NaO5. The predicted molar refractivity (Wildman–Crippen MR) is 75.1 cm³/mol. The zero-order valence-electron chi connectivity index (χ0n) is 9.14. The molecule has 98 valence electrons. The van der Waals surface area contributed by atoms with Crippen molar-refractivity contribution in [3.8, 4) is 16.9 Å². The second-order valence-corrected chi connectivity index (χ2v) is 2.88. The van der Waals surface area contributed by atoms with Crippen molar-refractivity contribution in [1.82, 2.24) is 0 Å². The van der Waals surface area contributed by atoms with Gasteiger partial charge in [0.1, 0.15) is 5.75 Å². The molecular weight excluding hydrogens is 247 g/mol. The number of para-hydroxylation sites is 1. The van der Waals surface area contributed by atoms with Gasteiger partial charge in [-0.3, -0.25) is 0 Å². The molecule has 0 spiro atoms. The van der Waals surface area contributed by atoms with Crippen molar-refractivity contribution in [2.75, 3.05) is 0 Å². The Labute approximate surface area is 128 Å². The van der Waals surface area contributed by atoms with Gasteiger partial charge in [0.2, 0.25) is 0 Å². The maximum absolute atomic E-state index is 9.56. The Morgan fingerprint density at radius 3 is 1.56 bits per heavy atom. The van der Waals surface area contributed by atoms with Crippen molar-refractivity contribution in [1.29, 1.82) is 0 Å². The van der Waals surface area contributed by atoms with E-state index in [1.54, 1.807) is 6.07 Å². The normalized spacial score (nSPS) is 7.11. The molecule has 18 heavy (non-hydrogen) atoms. The fourth-order valence-corrected chi connectivity index (χ4v) is 1.34.